The normalized spacial score (nSPS) is 16.7. The van der Waals surface area contributed by atoms with Gasteiger partial charge in [-0.1, -0.05) is 5.16 Å². The van der Waals surface area contributed by atoms with Gasteiger partial charge in [0.2, 0.25) is 11.7 Å². The van der Waals surface area contributed by atoms with E-state index in [-0.39, 0.29) is 12.5 Å². The molecule has 1 fully saturated rings. The lowest BCUT2D eigenvalue weighted by atomic mass is 10.2. The summed E-state index contributed by atoms with van der Waals surface area (Å²) >= 11 is 0. The molecule has 18 heavy (non-hydrogen) atoms. The Bertz CT molecular complexity index is 401. The minimum absolute atomic E-state index is 0.0541. The van der Waals surface area contributed by atoms with Crippen molar-refractivity contribution in [3.8, 4) is 0 Å². The molecule has 1 N–H and O–H groups in total. The summed E-state index contributed by atoms with van der Waals surface area (Å²) in [5.41, 5.74) is 0. The molecule has 100 valence electrons. The van der Waals surface area contributed by atoms with Crippen molar-refractivity contribution in [2.45, 2.75) is 44.6 Å². The highest BCUT2D eigenvalue weighted by atomic mass is 16.5. The number of carboxylic acids is 1. The van der Waals surface area contributed by atoms with Gasteiger partial charge in [-0.2, -0.15) is 4.98 Å². The van der Waals surface area contributed by atoms with Crippen molar-refractivity contribution in [1.29, 1.82) is 0 Å². The highest BCUT2D eigenvalue weighted by molar-refractivity contribution is 5.66. The molecule has 1 heterocycles. The molecule has 1 atom stereocenters. The summed E-state index contributed by atoms with van der Waals surface area (Å²) in [6, 6.07) is 0. The summed E-state index contributed by atoms with van der Waals surface area (Å²) in [5.74, 6) is 0.938. The number of nitrogens with zero attached hydrogens (tertiary/aromatic N) is 2. The molecule has 0 bridgehead atoms. The Balaban J connectivity index is 1.80. The zero-order chi connectivity index (χ0) is 13.0. The molecule has 0 aliphatic heterocycles. The van der Waals surface area contributed by atoms with Crippen LogP contribution < -0.4 is 0 Å². The van der Waals surface area contributed by atoms with E-state index in [0.717, 1.165) is 19.3 Å². The number of aliphatic carboxylic acids is 1. The molecule has 6 heteroatoms. The standard InChI is InChI=1S/C12H18N2O4/c1-17-11(8-6-7-8)12-13-9(18-14-12)4-2-3-5-10(15)16/h8,11H,2-7H2,1H3,(H,15,16). The van der Waals surface area contributed by atoms with Crippen LogP contribution >= 0.6 is 0 Å². The first-order valence-electron chi connectivity index (χ1n) is 6.27. The Morgan fingerprint density at radius 3 is 2.94 bits per heavy atom. The third-order valence-electron chi connectivity index (χ3n) is 3.07. The predicted molar refractivity (Wildman–Crippen MR) is 62.0 cm³/mol. The molecule has 0 saturated heterocycles. The van der Waals surface area contributed by atoms with Gasteiger partial charge in [-0.25, -0.2) is 0 Å². The van der Waals surface area contributed by atoms with Gasteiger partial charge in [-0.15, -0.1) is 0 Å². The first-order valence-corrected chi connectivity index (χ1v) is 6.27. The average Bonchev–Trinajstić information content (AvgIpc) is 3.05. The number of aromatic nitrogens is 2. The molecule has 1 aromatic rings. The van der Waals surface area contributed by atoms with Crippen molar-refractivity contribution < 1.29 is 19.2 Å². The molecule has 1 aliphatic rings. The number of ether oxygens (including phenoxy) is 1. The van der Waals surface area contributed by atoms with E-state index >= 15 is 0 Å². The van der Waals surface area contributed by atoms with Crippen LogP contribution in [0.25, 0.3) is 0 Å². The zero-order valence-corrected chi connectivity index (χ0v) is 10.5. The van der Waals surface area contributed by atoms with Crippen LogP contribution in [0.15, 0.2) is 4.52 Å². The molecule has 0 radical (unpaired) electrons. The van der Waals surface area contributed by atoms with Crippen molar-refractivity contribution in [3.63, 3.8) is 0 Å². The minimum Gasteiger partial charge on any atom is -0.481 e. The highest BCUT2D eigenvalue weighted by Crippen LogP contribution is 2.41. The molecule has 1 aromatic heterocycles. The van der Waals surface area contributed by atoms with Gasteiger partial charge >= 0.3 is 5.97 Å². The maximum atomic E-state index is 10.4. The van der Waals surface area contributed by atoms with E-state index in [0.29, 0.717) is 30.5 Å². The number of carbonyl (C=O) groups is 1. The number of unbranched alkanes of at least 4 members (excludes halogenated alkanes) is 1. The minimum atomic E-state index is -0.769. The van der Waals surface area contributed by atoms with Crippen molar-refractivity contribution >= 4 is 5.97 Å². The van der Waals surface area contributed by atoms with Gasteiger partial charge in [0.05, 0.1) is 0 Å². The van der Waals surface area contributed by atoms with Crippen molar-refractivity contribution in [2.24, 2.45) is 5.92 Å². The quantitative estimate of drug-likeness (QED) is 0.714. The second kappa shape index (κ2) is 5.95. The van der Waals surface area contributed by atoms with Crippen molar-refractivity contribution in [2.75, 3.05) is 7.11 Å². The second-order valence-corrected chi connectivity index (χ2v) is 4.64. The zero-order valence-electron chi connectivity index (χ0n) is 10.5. The number of hydrogen-bond donors (Lipinski definition) is 1. The first-order chi connectivity index (χ1) is 8.70. The van der Waals surface area contributed by atoms with Gasteiger partial charge in [0.1, 0.15) is 6.10 Å². The number of carboxylic acid groups (broad SMARTS) is 1. The van der Waals surface area contributed by atoms with Crippen LogP contribution in [0.1, 0.15) is 49.9 Å². The maximum absolute atomic E-state index is 10.4. The monoisotopic (exact) mass is 254 g/mol. The first kappa shape index (κ1) is 13.0. The lowest BCUT2D eigenvalue weighted by Gasteiger charge is -2.08. The van der Waals surface area contributed by atoms with Crippen LogP contribution in [0.5, 0.6) is 0 Å². The predicted octanol–water partition coefficient (Wildman–Crippen LogP) is 1.96. The SMILES string of the molecule is COC(c1noc(CCCCC(=O)O)n1)C1CC1. The van der Waals surface area contributed by atoms with Crippen LogP contribution in [-0.2, 0) is 16.0 Å². The van der Waals surface area contributed by atoms with Crippen LogP contribution in [0.3, 0.4) is 0 Å². The fraction of sp³-hybridized carbons (Fsp3) is 0.750. The fourth-order valence-electron chi connectivity index (χ4n) is 1.95. The summed E-state index contributed by atoms with van der Waals surface area (Å²) in [5, 5.41) is 12.5. The molecule has 6 nitrogen and oxygen atoms in total. The Hall–Kier alpha value is -1.43. The molecule has 1 unspecified atom stereocenters. The van der Waals surface area contributed by atoms with E-state index in [1.54, 1.807) is 7.11 Å². The Morgan fingerprint density at radius 2 is 2.33 bits per heavy atom. The van der Waals surface area contributed by atoms with Gasteiger partial charge < -0.3 is 14.4 Å². The topological polar surface area (TPSA) is 85.5 Å². The maximum Gasteiger partial charge on any atom is 0.303 e. The van der Waals surface area contributed by atoms with Gasteiger partial charge in [-0.05, 0) is 31.6 Å². The van der Waals surface area contributed by atoms with E-state index in [9.17, 15) is 4.79 Å². The summed E-state index contributed by atoms with van der Waals surface area (Å²) in [6.07, 6.45) is 4.44. The molecule has 1 aliphatic carbocycles. The Kier molecular flexibility index (Phi) is 4.30. The average molecular weight is 254 g/mol. The molecular weight excluding hydrogens is 236 g/mol. The fourth-order valence-corrected chi connectivity index (χ4v) is 1.95. The summed E-state index contributed by atoms with van der Waals surface area (Å²) in [7, 11) is 1.66. The molecule has 1 saturated carbocycles. The van der Waals surface area contributed by atoms with Gasteiger partial charge in [0.15, 0.2) is 0 Å². The number of methoxy groups -OCH3 is 1. The lowest BCUT2D eigenvalue weighted by molar-refractivity contribution is -0.137. The molecular formula is C12H18N2O4. The summed E-state index contributed by atoms with van der Waals surface area (Å²) in [6.45, 7) is 0. The van der Waals surface area contributed by atoms with E-state index < -0.39 is 5.97 Å². The van der Waals surface area contributed by atoms with Crippen LogP contribution in [-0.4, -0.2) is 28.3 Å². The number of aryl methyl sites for hydroxylation is 1. The van der Waals surface area contributed by atoms with Gasteiger partial charge in [0.25, 0.3) is 0 Å². The number of rotatable bonds is 8. The molecule has 0 spiro atoms. The highest BCUT2D eigenvalue weighted by Gasteiger charge is 2.35. The van der Waals surface area contributed by atoms with Crippen LogP contribution in [0.4, 0.5) is 0 Å². The lowest BCUT2D eigenvalue weighted by Crippen LogP contribution is -2.05. The largest absolute Gasteiger partial charge is 0.481 e. The third-order valence-corrected chi connectivity index (χ3v) is 3.07. The summed E-state index contributed by atoms with van der Waals surface area (Å²) < 4.78 is 10.5. The molecule has 2 rings (SSSR count). The van der Waals surface area contributed by atoms with Crippen LogP contribution in [0, 0.1) is 5.92 Å². The van der Waals surface area contributed by atoms with E-state index in [4.69, 9.17) is 14.4 Å². The molecule has 0 aromatic carbocycles. The molecule has 0 amide bonds. The van der Waals surface area contributed by atoms with E-state index in [1.165, 1.54) is 0 Å². The van der Waals surface area contributed by atoms with Gasteiger partial charge in [0, 0.05) is 20.0 Å². The number of hydrogen-bond acceptors (Lipinski definition) is 5. The Morgan fingerprint density at radius 1 is 1.56 bits per heavy atom. The van der Waals surface area contributed by atoms with Crippen molar-refractivity contribution in [1.82, 2.24) is 10.1 Å². The summed E-state index contributed by atoms with van der Waals surface area (Å²) in [4.78, 5) is 14.7. The Labute approximate surface area is 105 Å². The third kappa shape index (κ3) is 3.53. The van der Waals surface area contributed by atoms with Gasteiger partial charge in [-0.3, -0.25) is 4.79 Å². The second-order valence-electron chi connectivity index (χ2n) is 4.64. The van der Waals surface area contributed by atoms with Crippen LogP contribution in [0.2, 0.25) is 0 Å². The van der Waals surface area contributed by atoms with E-state index in [2.05, 4.69) is 10.1 Å². The smallest absolute Gasteiger partial charge is 0.303 e. The van der Waals surface area contributed by atoms with Crippen molar-refractivity contribution in [3.05, 3.63) is 11.7 Å². The van der Waals surface area contributed by atoms with E-state index in [1.807, 2.05) is 0 Å².